The normalized spacial score (nSPS) is 15.9. The van der Waals surface area contributed by atoms with Gasteiger partial charge in [0.2, 0.25) is 5.88 Å². The molecule has 3 heterocycles. The van der Waals surface area contributed by atoms with Gasteiger partial charge in [-0.15, -0.1) is 0 Å². The molecule has 1 fully saturated rings. The highest BCUT2D eigenvalue weighted by atomic mass is 32.2. The lowest BCUT2D eigenvalue weighted by molar-refractivity contribution is -0.000388. The number of aryl methyl sites for hydroxylation is 2. The van der Waals surface area contributed by atoms with Crippen LogP contribution in [0.25, 0.3) is 22.4 Å². The van der Waals surface area contributed by atoms with Crippen LogP contribution < -0.4 is 14.8 Å². The number of nitrogens with zero attached hydrogens (tertiary/aromatic N) is 4. The lowest BCUT2D eigenvalue weighted by Gasteiger charge is -2.23. The summed E-state index contributed by atoms with van der Waals surface area (Å²) in [5.74, 6) is 0.783. The maximum Gasteiger partial charge on any atom is 0.263 e. The molecule has 0 aliphatic carbocycles. The van der Waals surface area contributed by atoms with E-state index in [1.807, 2.05) is 13.0 Å². The Balaban J connectivity index is 1.40. The SMILES string of the molecule is Cc1ccc(C#N)c(S(=O)(=O)Nc2ccc(-c3nc(OCC4CNCCO4)c4c(C)[nH]nc4n3)cc2)c1. The van der Waals surface area contributed by atoms with Crippen molar-refractivity contribution < 1.29 is 17.9 Å². The Morgan fingerprint density at radius 2 is 2.00 bits per heavy atom. The van der Waals surface area contributed by atoms with E-state index >= 15 is 0 Å². The van der Waals surface area contributed by atoms with Gasteiger partial charge in [-0.2, -0.15) is 15.3 Å². The van der Waals surface area contributed by atoms with Crippen LogP contribution in [0.4, 0.5) is 5.69 Å². The number of fused-ring (bicyclic) bond motifs is 1. The van der Waals surface area contributed by atoms with E-state index in [0.717, 1.165) is 17.8 Å². The van der Waals surface area contributed by atoms with Crippen LogP contribution in [-0.4, -0.2) is 61.0 Å². The predicted molar refractivity (Wildman–Crippen MR) is 137 cm³/mol. The van der Waals surface area contributed by atoms with Gasteiger partial charge in [0.25, 0.3) is 10.0 Å². The van der Waals surface area contributed by atoms with Crippen molar-refractivity contribution in [2.75, 3.05) is 31.0 Å². The summed E-state index contributed by atoms with van der Waals surface area (Å²) >= 11 is 0. The fourth-order valence-electron chi connectivity index (χ4n) is 4.00. The quantitative estimate of drug-likeness (QED) is 0.334. The first-order chi connectivity index (χ1) is 17.8. The summed E-state index contributed by atoms with van der Waals surface area (Å²) in [5.41, 5.74) is 3.06. The molecule has 4 aromatic rings. The second-order valence-corrected chi connectivity index (χ2v) is 10.4. The summed E-state index contributed by atoms with van der Waals surface area (Å²) in [5, 5.41) is 20.5. The molecule has 0 radical (unpaired) electrons. The average molecular weight is 520 g/mol. The standard InChI is InChI=1S/C25H25N7O4S/c1-15-3-4-18(12-26)21(11-15)37(33,34)32-19-7-5-17(6-8-19)23-28-24-22(16(2)30-31-24)25(29-23)36-14-20-13-27-9-10-35-20/h3-8,11,20,27,32H,9-10,13-14H2,1-2H3,(H,28,29,30,31). The molecular weight excluding hydrogens is 494 g/mol. The lowest BCUT2D eigenvalue weighted by Crippen LogP contribution is -2.41. The van der Waals surface area contributed by atoms with E-state index < -0.39 is 10.0 Å². The molecule has 1 atom stereocenters. The number of H-pyrrole nitrogens is 1. The molecule has 0 spiro atoms. The lowest BCUT2D eigenvalue weighted by atomic mass is 10.2. The molecular formula is C25H25N7O4S. The zero-order chi connectivity index (χ0) is 26.0. The van der Waals surface area contributed by atoms with E-state index in [1.54, 1.807) is 37.3 Å². The van der Waals surface area contributed by atoms with Gasteiger partial charge in [0.1, 0.15) is 29.1 Å². The van der Waals surface area contributed by atoms with Crippen molar-refractivity contribution >= 4 is 26.7 Å². The topological polar surface area (TPSA) is 155 Å². The first kappa shape index (κ1) is 24.6. The maximum atomic E-state index is 13.0. The molecule has 1 saturated heterocycles. The van der Waals surface area contributed by atoms with Crippen molar-refractivity contribution in [1.29, 1.82) is 5.26 Å². The molecule has 1 aliphatic heterocycles. The number of benzene rings is 2. The van der Waals surface area contributed by atoms with Gasteiger partial charge in [-0.1, -0.05) is 6.07 Å². The monoisotopic (exact) mass is 519 g/mol. The fourth-order valence-corrected chi connectivity index (χ4v) is 5.31. The van der Waals surface area contributed by atoms with Crippen molar-refractivity contribution in [1.82, 2.24) is 25.5 Å². The third-order valence-electron chi connectivity index (χ3n) is 5.91. The van der Waals surface area contributed by atoms with E-state index in [-0.39, 0.29) is 16.6 Å². The summed E-state index contributed by atoms with van der Waals surface area (Å²) in [4.78, 5) is 9.11. The highest BCUT2D eigenvalue weighted by molar-refractivity contribution is 7.92. The number of nitrogens with one attached hydrogen (secondary N) is 3. The number of sulfonamides is 1. The summed E-state index contributed by atoms with van der Waals surface area (Å²) in [6, 6.07) is 13.2. The molecule has 0 bridgehead atoms. The van der Waals surface area contributed by atoms with Crippen LogP contribution >= 0.6 is 0 Å². The second-order valence-electron chi connectivity index (χ2n) is 8.70. The predicted octanol–water partition coefficient (Wildman–Crippen LogP) is 2.68. The summed E-state index contributed by atoms with van der Waals surface area (Å²) in [6.45, 7) is 6.10. The maximum absolute atomic E-state index is 13.0. The van der Waals surface area contributed by atoms with Crippen LogP contribution in [0, 0.1) is 25.2 Å². The number of hydrogen-bond donors (Lipinski definition) is 3. The number of aromatic nitrogens is 4. The molecule has 12 heteroatoms. The number of aromatic amines is 1. The Morgan fingerprint density at radius 3 is 2.73 bits per heavy atom. The van der Waals surface area contributed by atoms with Gasteiger partial charge in [0.05, 0.1) is 12.2 Å². The van der Waals surface area contributed by atoms with Crippen molar-refractivity contribution in [2.45, 2.75) is 24.8 Å². The van der Waals surface area contributed by atoms with E-state index in [0.29, 0.717) is 53.7 Å². The van der Waals surface area contributed by atoms with Gasteiger partial charge in [-0.3, -0.25) is 9.82 Å². The minimum absolute atomic E-state index is 0.0688. The molecule has 37 heavy (non-hydrogen) atoms. The number of hydrogen-bond acceptors (Lipinski definition) is 9. The number of anilines is 1. The van der Waals surface area contributed by atoms with E-state index in [2.05, 4.69) is 30.2 Å². The Kier molecular flexibility index (Phi) is 6.75. The smallest absolute Gasteiger partial charge is 0.263 e. The van der Waals surface area contributed by atoms with E-state index in [9.17, 15) is 13.7 Å². The van der Waals surface area contributed by atoms with Gasteiger partial charge in [-0.25, -0.2) is 13.4 Å². The first-order valence-corrected chi connectivity index (χ1v) is 13.1. The molecule has 0 amide bonds. The summed E-state index contributed by atoms with van der Waals surface area (Å²) < 4.78 is 40.2. The third-order valence-corrected chi connectivity index (χ3v) is 7.34. The molecule has 2 aromatic carbocycles. The summed E-state index contributed by atoms with van der Waals surface area (Å²) in [6.07, 6.45) is -0.0864. The van der Waals surface area contributed by atoms with Crippen LogP contribution in [0.5, 0.6) is 5.88 Å². The number of nitriles is 1. The average Bonchev–Trinajstić information content (AvgIpc) is 3.28. The minimum atomic E-state index is -3.96. The Bertz CT molecular complexity index is 1590. The van der Waals surface area contributed by atoms with E-state index in [4.69, 9.17) is 9.47 Å². The van der Waals surface area contributed by atoms with Crippen LogP contribution in [0.3, 0.4) is 0 Å². The fraction of sp³-hybridized carbons (Fsp3) is 0.280. The number of rotatable bonds is 7. The summed E-state index contributed by atoms with van der Waals surface area (Å²) in [7, 11) is -3.96. The molecule has 0 saturated carbocycles. The highest BCUT2D eigenvalue weighted by Crippen LogP contribution is 2.29. The molecule has 3 N–H and O–H groups in total. The molecule has 2 aromatic heterocycles. The molecule has 1 aliphatic rings. The number of morpholine rings is 1. The highest BCUT2D eigenvalue weighted by Gasteiger charge is 2.21. The van der Waals surface area contributed by atoms with Gasteiger partial charge in [-0.05, 0) is 55.8 Å². The second kappa shape index (κ2) is 10.1. The minimum Gasteiger partial charge on any atom is -0.474 e. The Labute approximate surface area is 213 Å². The van der Waals surface area contributed by atoms with Gasteiger partial charge in [0.15, 0.2) is 11.5 Å². The third kappa shape index (κ3) is 5.24. The van der Waals surface area contributed by atoms with E-state index in [1.165, 1.54) is 12.1 Å². The number of ether oxygens (including phenoxy) is 2. The largest absolute Gasteiger partial charge is 0.474 e. The zero-order valence-corrected chi connectivity index (χ0v) is 21.1. The Morgan fingerprint density at radius 1 is 1.19 bits per heavy atom. The molecule has 1 unspecified atom stereocenters. The van der Waals surface area contributed by atoms with Gasteiger partial charge >= 0.3 is 0 Å². The molecule has 11 nitrogen and oxygen atoms in total. The first-order valence-electron chi connectivity index (χ1n) is 11.7. The van der Waals surface area contributed by atoms with Crippen molar-refractivity contribution in [3.63, 3.8) is 0 Å². The zero-order valence-electron chi connectivity index (χ0n) is 20.3. The molecule has 5 rings (SSSR count). The van der Waals surface area contributed by atoms with Crippen LogP contribution in [0.2, 0.25) is 0 Å². The van der Waals surface area contributed by atoms with Crippen molar-refractivity contribution in [2.24, 2.45) is 0 Å². The van der Waals surface area contributed by atoms with Crippen molar-refractivity contribution in [3.05, 3.63) is 59.3 Å². The van der Waals surface area contributed by atoms with Gasteiger partial charge < -0.3 is 14.8 Å². The van der Waals surface area contributed by atoms with Crippen LogP contribution in [0.1, 0.15) is 16.8 Å². The van der Waals surface area contributed by atoms with Crippen LogP contribution in [-0.2, 0) is 14.8 Å². The molecule has 190 valence electrons. The Hall–Kier alpha value is -4.05. The van der Waals surface area contributed by atoms with Crippen molar-refractivity contribution in [3.8, 4) is 23.3 Å². The van der Waals surface area contributed by atoms with Gasteiger partial charge in [0, 0.05) is 30.0 Å². The van der Waals surface area contributed by atoms with Crippen LogP contribution in [0.15, 0.2) is 47.4 Å².